The van der Waals surface area contributed by atoms with Gasteiger partial charge in [-0.3, -0.25) is 4.79 Å². The lowest BCUT2D eigenvalue weighted by atomic mass is 9.94. The van der Waals surface area contributed by atoms with Crippen molar-refractivity contribution in [1.29, 1.82) is 0 Å². The van der Waals surface area contributed by atoms with Gasteiger partial charge in [-0.15, -0.1) is 15.3 Å². The monoisotopic (exact) mass is 363 g/mol. The summed E-state index contributed by atoms with van der Waals surface area (Å²) in [5.74, 6) is 2.30. The van der Waals surface area contributed by atoms with Gasteiger partial charge in [0.15, 0.2) is 17.3 Å². The molecule has 3 aromatic rings. The van der Waals surface area contributed by atoms with Crippen molar-refractivity contribution >= 4 is 11.6 Å². The van der Waals surface area contributed by atoms with Crippen molar-refractivity contribution in [3.05, 3.63) is 48.6 Å². The summed E-state index contributed by atoms with van der Waals surface area (Å²) in [7, 11) is 0. The van der Waals surface area contributed by atoms with Gasteiger partial charge in [0.05, 0.1) is 0 Å². The third-order valence-corrected chi connectivity index (χ3v) is 5.54. The Labute approximate surface area is 156 Å². The van der Waals surface area contributed by atoms with Crippen molar-refractivity contribution in [2.24, 2.45) is 5.92 Å². The summed E-state index contributed by atoms with van der Waals surface area (Å²) in [6.45, 7) is 1.54. The molecule has 5 rings (SSSR count). The van der Waals surface area contributed by atoms with Crippen molar-refractivity contribution in [1.82, 2.24) is 34.5 Å². The molecule has 0 atom stereocenters. The van der Waals surface area contributed by atoms with E-state index in [2.05, 4.69) is 32.5 Å². The van der Waals surface area contributed by atoms with Crippen LogP contribution in [0.4, 0.5) is 0 Å². The fraction of sp³-hybridized carbons (Fsp3) is 0.421. The Bertz CT molecular complexity index is 975. The fourth-order valence-corrected chi connectivity index (χ4v) is 4.01. The fourth-order valence-electron chi connectivity index (χ4n) is 4.01. The van der Waals surface area contributed by atoms with E-state index in [9.17, 15) is 4.79 Å². The van der Waals surface area contributed by atoms with Crippen LogP contribution in [-0.2, 0) is 4.79 Å². The summed E-state index contributed by atoms with van der Waals surface area (Å²) >= 11 is 0. The molecule has 1 aliphatic carbocycles. The molecule has 2 aliphatic rings. The number of amides is 1. The molecule has 3 aromatic heterocycles. The van der Waals surface area contributed by atoms with Gasteiger partial charge < -0.3 is 4.90 Å². The van der Waals surface area contributed by atoms with Crippen molar-refractivity contribution in [3.8, 4) is 5.82 Å². The van der Waals surface area contributed by atoms with Gasteiger partial charge in [0.2, 0.25) is 5.91 Å². The van der Waals surface area contributed by atoms with Crippen LogP contribution in [0.1, 0.15) is 37.4 Å². The molecule has 1 saturated heterocycles. The smallest absolute Gasteiger partial charge is 0.226 e. The average Bonchev–Trinajstić information content (AvgIpc) is 3.48. The van der Waals surface area contributed by atoms with Crippen molar-refractivity contribution in [3.63, 3.8) is 0 Å². The predicted octanol–water partition coefficient (Wildman–Crippen LogP) is 1.98. The van der Waals surface area contributed by atoms with Crippen LogP contribution in [0.5, 0.6) is 0 Å². The highest BCUT2D eigenvalue weighted by Crippen LogP contribution is 2.29. The maximum absolute atomic E-state index is 12.6. The zero-order valence-corrected chi connectivity index (χ0v) is 15.0. The Morgan fingerprint density at radius 2 is 1.89 bits per heavy atom. The van der Waals surface area contributed by atoms with Gasteiger partial charge in [0.25, 0.3) is 0 Å². The normalized spacial score (nSPS) is 18.6. The quantitative estimate of drug-likeness (QED) is 0.665. The Morgan fingerprint density at radius 3 is 2.63 bits per heavy atom. The van der Waals surface area contributed by atoms with Crippen LogP contribution in [0.25, 0.3) is 11.5 Å². The third kappa shape index (κ3) is 2.90. The number of nitrogens with zero attached hydrogens (tertiary/aromatic N) is 7. The predicted molar refractivity (Wildman–Crippen MR) is 98.3 cm³/mol. The van der Waals surface area contributed by atoms with Crippen LogP contribution in [0, 0.1) is 5.92 Å². The Balaban J connectivity index is 1.34. The number of fused-ring (bicyclic) bond motifs is 1. The van der Waals surface area contributed by atoms with E-state index in [1.54, 1.807) is 10.9 Å². The minimum atomic E-state index is 0.147. The van der Waals surface area contributed by atoms with E-state index in [-0.39, 0.29) is 11.8 Å². The van der Waals surface area contributed by atoms with E-state index < -0.39 is 0 Å². The average molecular weight is 363 g/mol. The van der Waals surface area contributed by atoms with Crippen LogP contribution in [-0.4, -0.2) is 53.5 Å². The summed E-state index contributed by atoms with van der Waals surface area (Å²) in [5, 5.41) is 17.6. The lowest BCUT2D eigenvalue weighted by Gasteiger charge is -2.32. The van der Waals surface area contributed by atoms with Gasteiger partial charge in [-0.25, -0.2) is 4.68 Å². The molecule has 8 heteroatoms. The number of aromatic nitrogens is 6. The summed E-state index contributed by atoms with van der Waals surface area (Å²) in [5.41, 5.74) is 0.733. The van der Waals surface area contributed by atoms with Crippen LogP contribution in [0.2, 0.25) is 0 Å². The molecule has 138 valence electrons. The van der Waals surface area contributed by atoms with Crippen LogP contribution >= 0.6 is 0 Å². The van der Waals surface area contributed by atoms with Crippen LogP contribution in [0.3, 0.4) is 0 Å². The molecule has 8 nitrogen and oxygen atoms in total. The molecular formula is C19H21N7O. The first-order chi connectivity index (χ1) is 13.3. The lowest BCUT2D eigenvalue weighted by Crippen LogP contribution is -2.41. The minimum absolute atomic E-state index is 0.147. The standard InChI is InChI=1S/C19H21N7O/c27-19(15-4-1-2-5-15)24-12-8-14(9-13-24)18-22-21-16-6-7-17(23-26(16)18)25-11-3-10-20-25/h1-3,6-7,10-11,14-15H,4-5,8-9,12-13H2. The first kappa shape index (κ1) is 16.2. The second-order valence-corrected chi connectivity index (χ2v) is 7.21. The van der Waals surface area contributed by atoms with E-state index in [1.165, 1.54) is 0 Å². The highest BCUT2D eigenvalue weighted by Gasteiger charge is 2.30. The number of allylic oxidation sites excluding steroid dienone is 2. The Morgan fingerprint density at radius 1 is 1.07 bits per heavy atom. The molecule has 0 saturated carbocycles. The first-order valence-electron chi connectivity index (χ1n) is 9.46. The Hall–Kier alpha value is -3.03. The van der Waals surface area contributed by atoms with Gasteiger partial charge >= 0.3 is 0 Å². The lowest BCUT2D eigenvalue weighted by molar-refractivity contribution is -0.136. The molecule has 1 aliphatic heterocycles. The molecule has 0 N–H and O–H groups in total. The Kier molecular flexibility index (Phi) is 3.95. The van der Waals surface area contributed by atoms with Gasteiger partial charge in [-0.1, -0.05) is 12.2 Å². The summed E-state index contributed by atoms with van der Waals surface area (Å²) < 4.78 is 3.54. The number of hydrogen-bond donors (Lipinski definition) is 0. The number of piperidine rings is 1. The molecule has 0 spiro atoms. The molecule has 1 fully saturated rings. The van der Waals surface area contributed by atoms with E-state index >= 15 is 0 Å². The summed E-state index contributed by atoms with van der Waals surface area (Å²) in [6, 6.07) is 5.66. The third-order valence-electron chi connectivity index (χ3n) is 5.54. The SMILES string of the molecule is O=C(C1CC=CC1)N1CCC(c2nnc3ccc(-n4cccn4)nn23)CC1. The van der Waals surface area contributed by atoms with E-state index in [1.807, 2.05) is 33.8 Å². The molecule has 0 bridgehead atoms. The molecule has 27 heavy (non-hydrogen) atoms. The van der Waals surface area contributed by atoms with E-state index in [0.717, 1.165) is 56.1 Å². The maximum Gasteiger partial charge on any atom is 0.226 e. The van der Waals surface area contributed by atoms with Gasteiger partial charge in [-0.05, 0) is 43.9 Å². The molecule has 0 unspecified atom stereocenters. The number of carbonyl (C=O) groups is 1. The highest BCUT2D eigenvalue weighted by molar-refractivity contribution is 5.79. The number of carbonyl (C=O) groups excluding carboxylic acids is 1. The topological polar surface area (TPSA) is 81.2 Å². The zero-order chi connectivity index (χ0) is 18.2. The second kappa shape index (κ2) is 6.61. The maximum atomic E-state index is 12.6. The first-order valence-corrected chi connectivity index (χ1v) is 9.46. The number of likely N-dealkylation sites (tertiary alicyclic amines) is 1. The number of hydrogen-bond acceptors (Lipinski definition) is 5. The van der Waals surface area contributed by atoms with Crippen LogP contribution < -0.4 is 0 Å². The van der Waals surface area contributed by atoms with Gasteiger partial charge in [0.1, 0.15) is 0 Å². The van der Waals surface area contributed by atoms with Crippen LogP contribution in [0.15, 0.2) is 42.7 Å². The molecule has 1 amide bonds. The molecular weight excluding hydrogens is 342 g/mol. The highest BCUT2D eigenvalue weighted by atomic mass is 16.2. The summed E-state index contributed by atoms with van der Waals surface area (Å²) in [4.78, 5) is 14.6. The molecule has 0 aromatic carbocycles. The number of rotatable bonds is 3. The zero-order valence-electron chi connectivity index (χ0n) is 15.0. The molecule has 0 radical (unpaired) electrons. The largest absolute Gasteiger partial charge is 0.342 e. The van der Waals surface area contributed by atoms with Crippen molar-refractivity contribution < 1.29 is 4.79 Å². The van der Waals surface area contributed by atoms with Crippen molar-refractivity contribution in [2.75, 3.05) is 13.1 Å². The van der Waals surface area contributed by atoms with Gasteiger partial charge in [0, 0.05) is 37.3 Å². The minimum Gasteiger partial charge on any atom is -0.342 e. The second-order valence-electron chi connectivity index (χ2n) is 7.21. The van der Waals surface area contributed by atoms with E-state index in [0.29, 0.717) is 5.91 Å². The molecule has 4 heterocycles. The van der Waals surface area contributed by atoms with Gasteiger partial charge in [-0.2, -0.15) is 9.61 Å². The van der Waals surface area contributed by atoms with E-state index in [4.69, 9.17) is 0 Å². The summed E-state index contributed by atoms with van der Waals surface area (Å²) in [6.07, 6.45) is 11.4. The van der Waals surface area contributed by atoms with Crippen molar-refractivity contribution in [2.45, 2.75) is 31.6 Å².